The minimum Gasteiger partial charge on any atom is -0.619 e. The average molecular weight is 561 g/mol. The van der Waals surface area contributed by atoms with Crippen LogP contribution in [-0.2, 0) is 22.4 Å². The first-order chi connectivity index (χ1) is 11.9. The van der Waals surface area contributed by atoms with Crippen molar-refractivity contribution < 1.29 is 14.3 Å². The lowest BCUT2D eigenvalue weighted by Gasteiger charge is -2.06. The van der Waals surface area contributed by atoms with E-state index in [1.54, 1.807) is 12.1 Å². The van der Waals surface area contributed by atoms with Gasteiger partial charge in [0.1, 0.15) is 6.72 Å². The third-order valence-corrected chi connectivity index (χ3v) is 6.05. The van der Waals surface area contributed by atoms with Gasteiger partial charge in [-0.1, -0.05) is 6.07 Å². The number of rotatable bonds is 1. The van der Waals surface area contributed by atoms with E-state index >= 15 is 0 Å². The zero-order valence-corrected chi connectivity index (χ0v) is 17.3. The summed E-state index contributed by atoms with van der Waals surface area (Å²) in [6.07, 6.45) is 0.879. The summed E-state index contributed by atoms with van der Waals surface area (Å²) in [6.45, 7) is 3.28. The summed E-state index contributed by atoms with van der Waals surface area (Å²) in [4.78, 5) is 22.0. The molecule has 0 unspecified atom stereocenters. The molecule has 0 aliphatic carbocycles. The van der Waals surface area contributed by atoms with Crippen molar-refractivity contribution in [3.05, 3.63) is 53.8 Å². The monoisotopic (exact) mass is 561 g/mol. The molecule has 25 heavy (non-hydrogen) atoms. The molecule has 0 fully saturated rings. The summed E-state index contributed by atoms with van der Waals surface area (Å²) < 4.78 is 2.52. The third kappa shape index (κ3) is 3.78. The SMILES string of the molecule is C=[N+]([O-])c1ccc2c(c1I)CC(=O)N2.O=C1Cc2c(I)cccc2N1. The van der Waals surface area contributed by atoms with Crippen LogP contribution < -0.4 is 10.6 Å². The first kappa shape index (κ1) is 18.1. The molecule has 0 atom stereocenters. The second-order valence-corrected chi connectivity index (χ2v) is 7.76. The van der Waals surface area contributed by atoms with E-state index in [0.29, 0.717) is 23.3 Å². The maximum Gasteiger partial charge on any atom is 0.229 e. The van der Waals surface area contributed by atoms with Gasteiger partial charge in [0, 0.05) is 26.6 Å². The van der Waals surface area contributed by atoms with Gasteiger partial charge in [-0.2, -0.15) is 4.74 Å². The van der Waals surface area contributed by atoms with Gasteiger partial charge in [-0.15, -0.1) is 0 Å². The summed E-state index contributed by atoms with van der Waals surface area (Å²) in [5.41, 5.74) is 4.29. The van der Waals surface area contributed by atoms with Crippen molar-refractivity contribution in [3.63, 3.8) is 0 Å². The molecule has 2 heterocycles. The van der Waals surface area contributed by atoms with E-state index in [2.05, 4.69) is 62.5 Å². The summed E-state index contributed by atoms with van der Waals surface area (Å²) in [7, 11) is 0. The van der Waals surface area contributed by atoms with Gasteiger partial charge in [0.05, 0.1) is 16.4 Å². The van der Waals surface area contributed by atoms with Crippen molar-refractivity contribution in [1.82, 2.24) is 0 Å². The number of anilines is 2. The van der Waals surface area contributed by atoms with Crippen LogP contribution in [0.25, 0.3) is 0 Å². The van der Waals surface area contributed by atoms with Gasteiger partial charge in [0.2, 0.25) is 17.5 Å². The Hall–Kier alpha value is -1.69. The predicted octanol–water partition coefficient (Wildman–Crippen LogP) is 3.41. The Morgan fingerprint density at radius 1 is 0.960 bits per heavy atom. The molecule has 2 aromatic rings. The molecule has 2 aliphatic heterocycles. The number of hydrogen-bond donors (Lipinski definition) is 2. The number of carbonyl (C=O) groups excluding carboxylic acids is 2. The molecule has 4 rings (SSSR count). The molecule has 2 amide bonds. The highest BCUT2D eigenvalue weighted by Gasteiger charge is 2.24. The van der Waals surface area contributed by atoms with E-state index < -0.39 is 0 Å². The van der Waals surface area contributed by atoms with Crippen molar-refractivity contribution in [2.24, 2.45) is 0 Å². The van der Waals surface area contributed by atoms with Crippen LogP contribution in [-0.4, -0.2) is 23.3 Å². The van der Waals surface area contributed by atoms with Crippen LogP contribution in [0.2, 0.25) is 0 Å². The molecule has 8 heteroatoms. The quantitative estimate of drug-likeness (QED) is 0.184. The van der Waals surface area contributed by atoms with E-state index in [1.165, 1.54) is 3.57 Å². The zero-order chi connectivity index (χ0) is 18.1. The maximum atomic E-state index is 11.1. The minimum absolute atomic E-state index is 0.0309. The van der Waals surface area contributed by atoms with E-state index in [-0.39, 0.29) is 11.8 Å². The molecular weight excluding hydrogens is 548 g/mol. The lowest BCUT2D eigenvalue weighted by molar-refractivity contribution is -0.350. The first-order valence-electron chi connectivity index (χ1n) is 7.33. The number of hydrogen-bond acceptors (Lipinski definition) is 3. The molecule has 2 N–H and O–H groups in total. The highest BCUT2D eigenvalue weighted by molar-refractivity contribution is 14.1. The van der Waals surface area contributed by atoms with E-state index in [4.69, 9.17) is 0 Å². The molecule has 0 saturated heterocycles. The van der Waals surface area contributed by atoms with Gasteiger partial charge in [0.15, 0.2) is 0 Å². The fourth-order valence-electron chi connectivity index (χ4n) is 2.66. The molecule has 2 aromatic carbocycles. The van der Waals surface area contributed by atoms with Crippen molar-refractivity contribution in [2.75, 3.05) is 10.6 Å². The Bertz CT molecular complexity index is 912. The van der Waals surface area contributed by atoms with Crippen molar-refractivity contribution in [3.8, 4) is 0 Å². The lowest BCUT2D eigenvalue weighted by atomic mass is 10.1. The minimum atomic E-state index is -0.0309. The van der Waals surface area contributed by atoms with Crippen LogP contribution in [0.3, 0.4) is 0 Å². The molecular formula is C17H13I2N3O3. The van der Waals surface area contributed by atoms with Gasteiger partial charge in [-0.25, -0.2) is 0 Å². The molecule has 128 valence electrons. The summed E-state index contributed by atoms with van der Waals surface area (Å²) >= 11 is 4.30. The largest absolute Gasteiger partial charge is 0.619 e. The summed E-state index contributed by atoms with van der Waals surface area (Å²) in [5.74, 6) is 0.0701. The summed E-state index contributed by atoms with van der Waals surface area (Å²) in [5, 5.41) is 16.6. The topological polar surface area (TPSA) is 84.3 Å². The normalized spacial score (nSPS) is 14.0. The van der Waals surface area contributed by atoms with Crippen LogP contribution in [0.1, 0.15) is 11.1 Å². The second kappa shape index (κ2) is 7.28. The van der Waals surface area contributed by atoms with E-state index in [1.807, 2.05) is 18.2 Å². The second-order valence-electron chi connectivity index (χ2n) is 5.52. The highest BCUT2D eigenvalue weighted by atomic mass is 127. The molecule has 0 saturated carbocycles. The molecule has 2 aliphatic rings. The standard InChI is InChI=1S/C9H7IN2O2.C8H6INO/c1-12(14)7-3-2-6-5(9(7)10)4-8(13)11-6;9-6-2-1-3-7-5(6)4-8(11)10-7/h2-3H,1,4H2,(H,11,13);1-3H,4H2,(H,10,11). The van der Waals surface area contributed by atoms with Gasteiger partial charge in [0.25, 0.3) is 0 Å². The molecule has 0 spiro atoms. The Balaban J connectivity index is 0.000000150. The van der Waals surface area contributed by atoms with Crippen molar-refractivity contribution >= 4 is 80.8 Å². The fourth-order valence-corrected chi connectivity index (χ4v) is 4.28. The molecule has 0 aromatic heterocycles. The molecule has 6 nitrogen and oxygen atoms in total. The first-order valence-corrected chi connectivity index (χ1v) is 9.49. The number of carbonyl (C=O) groups is 2. The Labute approximate surface area is 171 Å². The number of benzene rings is 2. The lowest BCUT2D eigenvalue weighted by Crippen LogP contribution is -2.03. The number of nitrogens with one attached hydrogen (secondary N) is 2. The van der Waals surface area contributed by atoms with Gasteiger partial charge >= 0.3 is 0 Å². The fraction of sp³-hybridized carbons (Fsp3) is 0.118. The predicted molar refractivity (Wildman–Crippen MR) is 113 cm³/mol. The number of amides is 2. The van der Waals surface area contributed by atoms with E-state index in [9.17, 15) is 14.8 Å². The van der Waals surface area contributed by atoms with Gasteiger partial charge in [-0.05, 0) is 68.9 Å². The number of fused-ring (bicyclic) bond motifs is 2. The Morgan fingerprint density at radius 3 is 2.16 bits per heavy atom. The maximum absolute atomic E-state index is 11.1. The van der Waals surface area contributed by atoms with Crippen LogP contribution in [0, 0.1) is 12.3 Å². The Morgan fingerprint density at radius 2 is 1.56 bits per heavy atom. The zero-order valence-electron chi connectivity index (χ0n) is 12.9. The molecule has 0 bridgehead atoms. The van der Waals surface area contributed by atoms with Gasteiger partial charge < -0.3 is 15.8 Å². The smallest absolute Gasteiger partial charge is 0.229 e. The van der Waals surface area contributed by atoms with Crippen molar-refractivity contribution in [2.45, 2.75) is 12.8 Å². The van der Waals surface area contributed by atoms with E-state index in [0.717, 1.165) is 26.1 Å². The third-order valence-electron chi connectivity index (χ3n) is 3.83. The molecule has 0 radical (unpaired) electrons. The van der Waals surface area contributed by atoms with Gasteiger partial charge in [-0.3, -0.25) is 9.59 Å². The van der Waals surface area contributed by atoms with Crippen LogP contribution in [0.5, 0.6) is 0 Å². The summed E-state index contributed by atoms with van der Waals surface area (Å²) in [6, 6.07) is 9.29. The highest BCUT2D eigenvalue weighted by Crippen LogP contribution is 2.33. The number of halogens is 2. The van der Waals surface area contributed by atoms with Crippen LogP contribution in [0.4, 0.5) is 17.1 Å². The average Bonchev–Trinajstić information content (AvgIpc) is 3.11. The Kier molecular flexibility index (Phi) is 5.27. The van der Waals surface area contributed by atoms with Crippen LogP contribution >= 0.6 is 45.2 Å². The van der Waals surface area contributed by atoms with Crippen LogP contribution in [0.15, 0.2) is 30.3 Å². The number of nitrogens with zero attached hydrogens (tertiary/aromatic N) is 1. The van der Waals surface area contributed by atoms with Crippen molar-refractivity contribution in [1.29, 1.82) is 0 Å².